The van der Waals surface area contributed by atoms with Crippen molar-refractivity contribution in [2.75, 3.05) is 0 Å². The summed E-state index contributed by atoms with van der Waals surface area (Å²) in [5.74, 6) is 0.945. The Kier molecular flexibility index (Phi) is 3.65. The SMILES string of the molecule is CC1(N)C=CC=C(c2nnc(C3=CCC(N)=CC=C3)o2)C=C1. The zero-order valence-electron chi connectivity index (χ0n) is 12.4. The first-order valence-electron chi connectivity index (χ1n) is 7.08. The zero-order chi connectivity index (χ0) is 15.6. The molecule has 0 fully saturated rings. The van der Waals surface area contributed by atoms with Crippen LogP contribution in [0, 0.1) is 0 Å². The van der Waals surface area contributed by atoms with Crippen LogP contribution in [0.5, 0.6) is 0 Å². The molecule has 0 saturated carbocycles. The maximum atomic E-state index is 6.06. The smallest absolute Gasteiger partial charge is 0.248 e. The van der Waals surface area contributed by atoms with Gasteiger partial charge in [-0.3, -0.25) is 0 Å². The summed E-state index contributed by atoms with van der Waals surface area (Å²) in [6.07, 6.45) is 17.8. The maximum Gasteiger partial charge on any atom is 0.248 e. The molecule has 0 aliphatic heterocycles. The number of hydrogen-bond acceptors (Lipinski definition) is 5. The average Bonchev–Trinajstić information content (AvgIpc) is 2.76. The van der Waals surface area contributed by atoms with Gasteiger partial charge in [0.15, 0.2) is 0 Å². The first-order valence-corrected chi connectivity index (χ1v) is 7.08. The lowest BCUT2D eigenvalue weighted by Gasteiger charge is -2.12. The van der Waals surface area contributed by atoms with E-state index in [-0.39, 0.29) is 0 Å². The molecule has 1 aromatic rings. The van der Waals surface area contributed by atoms with Crippen molar-refractivity contribution in [3.63, 3.8) is 0 Å². The summed E-state index contributed by atoms with van der Waals surface area (Å²) < 4.78 is 5.78. The predicted octanol–water partition coefficient (Wildman–Crippen LogP) is 2.48. The molecule has 1 aromatic heterocycles. The van der Waals surface area contributed by atoms with Gasteiger partial charge in [-0.05, 0) is 25.2 Å². The lowest BCUT2D eigenvalue weighted by atomic mass is 10.0. The van der Waals surface area contributed by atoms with Crippen LogP contribution in [-0.4, -0.2) is 15.7 Å². The minimum atomic E-state index is -0.475. The summed E-state index contributed by atoms with van der Waals surface area (Å²) in [5.41, 5.74) is 13.9. The molecule has 5 heteroatoms. The van der Waals surface area contributed by atoms with Crippen molar-refractivity contribution in [3.05, 3.63) is 72.2 Å². The van der Waals surface area contributed by atoms with Crippen molar-refractivity contribution in [3.8, 4) is 0 Å². The number of rotatable bonds is 2. The molecule has 22 heavy (non-hydrogen) atoms. The molecule has 3 rings (SSSR count). The van der Waals surface area contributed by atoms with Gasteiger partial charge < -0.3 is 15.9 Å². The quantitative estimate of drug-likeness (QED) is 0.874. The molecule has 0 spiro atoms. The molecule has 0 saturated heterocycles. The fourth-order valence-electron chi connectivity index (χ4n) is 2.14. The molecule has 0 radical (unpaired) electrons. The van der Waals surface area contributed by atoms with Crippen LogP contribution in [-0.2, 0) is 0 Å². The lowest BCUT2D eigenvalue weighted by molar-refractivity contribution is 0.526. The van der Waals surface area contributed by atoms with E-state index in [2.05, 4.69) is 10.2 Å². The summed E-state index contributed by atoms with van der Waals surface area (Å²) in [5, 5.41) is 8.24. The van der Waals surface area contributed by atoms with E-state index >= 15 is 0 Å². The Morgan fingerprint density at radius 3 is 2.64 bits per heavy atom. The number of nitrogens with two attached hydrogens (primary N) is 2. The van der Waals surface area contributed by atoms with Crippen LogP contribution >= 0.6 is 0 Å². The third-order valence-electron chi connectivity index (χ3n) is 3.42. The van der Waals surface area contributed by atoms with Crippen LogP contribution in [0.2, 0.25) is 0 Å². The molecule has 5 nitrogen and oxygen atoms in total. The molecule has 1 heterocycles. The molecular formula is C17H18N4O. The standard InChI is InChI=1S/C17H18N4O/c1-17(19)10-3-5-13(9-11-17)16-21-20-15(22-16)12-4-2-6-14(18)8-7-12/h2-7,9-11H,8,18-19H2,1H3. The van der Waals surface area contributed by atoms with Gasteiger partial charge in [0.25, 0.3) is 0 Å². The number of hydrogen-bond donors (Lipinski definition) is 2. The van der Waals surface area contributed by atoms with Gasteiger partial charge in [0.05, 0.1) is 5.54 Å². The number of aromatic nitrogens is 2. The predicted molar refractivity (Wildman–Crippen MR) is 87.2 cm³/mol. The Morgan fingerprint density at radius 2 is 1.82 bits per heavy atom. The molecule has 112 valence electrons. The van der Waals surface area contributed by atoms with Crippen LogP contribution in [0.4, 0.5) is 0 Å². The van der Waals surface area contributed by atoms with Crippen LogP contribution in [0.15, 0.2) is 64.8 Å². The minimum Gasteiger partial charge on any atom is -0.416 e. The topological polar surface area (TPSA) is 91.0 Å². The van der Waals surface area contributed by atoms with Crippen LogP contribution in [0.3, 0.4) is 0 Å². The van der Waals surface area contributed by atoms with Crippen molar-refractivity contribution < 1.29 is 4.42 Å². The third kappa shape index (κ3) is 3.15. The summed E-state index contributed by atoms with van der Waals surface area (Å²) in [6.45, 7) is 1.93. The van der Waals surface area contributed by atoms with Gasteiger partial charge in [0.1, 0.15) is 0 Å². The fraction of sp³-hybridized carbons (Fsp3) is 0.176. The second-order valence-corrected chi connectivity index (χ2v) is 5.56. The van der Waals surface area contributed by atoms with E-state index in [0.29, 0.717) is 18.2 Å². The van der Waals surface area contributed by atoms with Crippen molar-refractivity contribution in [2.24, 2.45) is 11.5 Å². The molecule has 0 amide bonds. The minimum absolute atomic E-state index is 0.466. The first kappa shape index (κ1) is 14.3. The van der Waals surface area contributed by atoms with Crippen LogP contribution in [0.1, 0.15) is 25.1 Å². The summed E-state index contributed by atoms with van der Waals surface area (Å²) >= 11 is 0. The molecule has 0 bridgehead atoms. The Hall–Kier alpha value is -2.66. The van der Waals surface area contributed by atoms with E-state index in [1.807, 2.05) is 61.6 Å². The van der Waals surface area contributed by atoms with Gasteiger partial charge in [-0.25, -0.2) is 0 Å². The molecular weight excluding hydrogens is 276 g/mol. The zero-order valence-corrected chi connectivity index (χ0v) is 12.4. The Labute approximate surface area is 129 Å². The van der Waals surface area contributed by atoms with Crippen molar-refractivity contribution >= 4 is 11.1 Å². The van der Waals surface area contributed by atoms with Gasteiger partial charge in [0, 0.05) is 23.3 Å². The highest BCUT2D eigenvalue weighted by Gasteiger charge is 2.16. The van der Waals surface area contributed by atoms with E-state index in [0.717, 1.165) is 16.8 Å². The molecule has 2 aliphatic carbocycles. The maximum absolute atomic E-state index is 6.06. The highest BCUT2D eigenvalue weighted by atomic mass is 16.4. The molecule has 4 N–H and O–H groups in total. The molecule has 1 unspecified atom stereocenters. The Bertz CT molecular complexity index is 757. The van der Waals surface area contributed by atoms with Gasteiger partial charge in [-0.1, -0.05) is 36.5 Å². The Balaban J connectivity index is 1.86. The average molecular weight is 294 g/mol. The van der Waals surface area contributed by atoms with E-state index in [9.17, 15) is 0 Å². The number of allylic oxidation sites excluding steroid dienone is 9. The summed E-state index contributed by atoms with van der Waals surface area (Å²) in [4.78, 5) is 0. The van der Waals surface area contributed by atoms with Gasteiger partial charge >= 0.3 is 0 Å². The van der Waals surface area contributed by atoms with E-state index in [1.54, 1.807) is 0 Å². The van der Waals surface area contributed by atoms with E-state index < -0.39 is 5.54 Å². The first-order chi connectivity index (χ1) is 10.5. The van der Waals surface area contributed by atoms with E-state index in [1.165, 1.54) is 0 Å². The van der Waals surface area contributed by atoms with Crippen LogP contribution < -0.4 is 11.5 Å². The molecule has 1 atom stereocenters. The monoisotopic (exact) mass is 294 g/mol. The molecule has 2 aliphatic rings. The lowest BCUT2D eigenvalue weighted by Crippen LogP contribution is -2.30. The fourth-order valence-corrected chi connectivity index (χ4v) is 2.14. The second kappa shape index (κ2) is 5.61. The summed E-state index contributed by atoms with van der Waals surface area (Å²) in [6, 6.07) is 0. The van der Waals surface area contributed by atoms with Crippen molar-refractivity contribution in [1.82, 2.24) is 10.2 Å². The van der Waals surface area contributed by atoms with Gasteiger partial charge in [-0.2, -0.15) is 0 Å². The van der Waals surface area contributed by atoms with Gasteiger partial charge in [-0.15, -0.1) is 10.2 Å². The molecule has 0 aromatic carbocycles. The second-order valence-electron chi connectivity index (χ2n) is 5.56. The highest BCUT2D eigenvalue weighted by molar-refractivity contribution is 5.73. The van der Waals surface area contributed by atoms with E-state index in [4.69, 9.17) is 15.9 Å². The number of nitrogens with zero attached hydrogens (tertiary/aromatic N) is 2. The largest absolute Gasteiger partial charge is 0.416 e. The van der Waals surface area contributed by atoms with Crippen LogP contribution in [0.25, 0.3) is 11.1 Å². The van der Waals surface area contributed by atoms with Crippen molar-refractivity contribution in [2.45, 2.75) is 18.9 Å². The van der Waals surface area contributed by atoms with Gasteiger partial charge in [0.2, 0.25) is 11.8 Å². The Morgan fingerprint density at radius 1 is 1.05 bits per heavy atom. The normalized spacial score (nSPS) is 24.4. The highest BCUT2D eigenvalue weighted by Crippen LogP contribution is 2.24. The van der Waals surface area contributed by atoms with Crippen molar-refractivity contribution in [1.29, 1.82) is 0 Å². The third-order valence-corrected chi connectivity index (χ3v) is 3.42. The summed E-state index contributed by atoms with van der Waals surface area (Å²) in [7, 11) is 0.